The molecular formula is C16H19IN4O2S. The van der Waals surface area contributed by atoms with Crippen molar-refractivity contribution < 1.29 is 8.42 Å². The van der Waals surface area contributed by atoms with E-state index in [2.05, 4.69) is 42.2 Å². The molecule has 1 N–H and O–H groups in total. The summed E-state index contributed by atoms with van der Waals surface area (Å²) in [5, 5.41) is 0. The molecule has 3 rings (SSSR count). The van der Waals surface area contributed by atoms with Gasteiger partial charge in [0.25, 0.3) is 0 Å². The van der Waals surface area contributed by atoms with Gasteiger partial charge in [0.2, 0.25) is 10.0 Å². The second kappa shape index (κ2) is 7.32. The van der Waals surface area contributed by atoms with E-state index in [0.717, 1.165) is 41.0 Å². The molecule has 24 heavy (non-hydrogen) atoms. The van der Waals surface area contributed by atoms with Crippen LogP contribution in [-0.4, -0.2) is 31.5 Å². The van der Waals surface area contributed by atoms with Gasteiger partial charge in [0.05, 0.1) is 11.4 Å². The van der Waals surface area contributed by atoms with E-state index in [-0.39, 0.29) is 11.4 Å². The molecule has 2 aromatic rings. The SMILES string of the molecule is Cc1cc(N2CCCC2)nc(CNS(=O)(=O)c2ccc(I)cc2)n1. The molecule has 8 heteroatoms. The van der Waals surface area contributed by atoms with E-state index in [1.807, 2.05) is 13.0 Å². The number of hydrogen-bond acceptors (Lipinski definition) is 5. The minimum absolute atomic E-state index is 0.0802. The Kier molecular flexibility index (Phi) is 5.36. The Hall–Kier alpha value is -1.26. The first kappa shape index (κ1) is 17.6. The second-order valence-corrected chi connectivity index (χ2v) is 8.77. The molecule has 1 saturated heterocycles. The third-order valence-corrected chi connectivity index (χ3v) is 6.00. The molecule has 1 fully saturated rings. The van der Waals surface area contributed by atoms with Gasteiger partial charge in [-0.2, -0.15) is 0 Å². The first-order valence-electron chi connectivity index (χ1n) is 7.79. The fourth-order valence-corrected chi connectivity index (χ4v) is 4.00. The molecular weight excluding hydrogens is 439 g/mol. The van der Waals surface area contributed by atoms with Crippen molar-refractivity contribution in [3.05, 3.63) is 45.4 Å². The van der Waals surface area contributed by atoms with Gasteiger partial charge in [0.1, 0.15) is 11.6 Å². The predicted molar refractivity (Wildman–Crippen MR) is 101 cm³/mol. The summed E-state index contributed by atoms with van der Waals surface area (Å²) in [6.45, 7) is 3.96. The van der Waals surface area contributed by atoms with E-state index < -0.39 is 10.0 Å². The molecule has 0 unspecified atom stereocenters. The highest BCUT2D eigenvalue weighted by Gasteiger charge is 2.17. The number of halogens is 1. The highest BCUT2D eigenvalue weighted by molar-refractivity contribution is 14.1. The van der Waals surface area contributed by atoms with E-state index in [4.69, 9.17) is 0 Å². The van der Waals surface area contributed by atoms with Crippen LogP contribution >= 0.6 is 22.6 Å². The summed E-state index contributed by atoms with van der Waals surface area (Å²) in [6, 6.07) is 8.67. The largest absolute Gasteiger partial charge is 0.357 e. The predicted octanol–water partition coefficient (Wildman–Crippen LogP) is 2.47. The van der Waals surface area contributed by atoms with Crippen molar-refractivity contribution in [1.82, 2.24) is 14.7 Å². The number of aromatic nitrogens is 2. The summed E-state index contributed by atoms with van der Waals surface area (Å²) in [6.07, 6.45) is 2.33. The van der Waals surface area contributed by atoms with Crippen LogP contribution in [0, 0.1) is 10.5 Å². The van der Waals surface area contributed by atoms with E-state index >= 15 is 0 Å². The van der Waals surface area contributed by atoms with Crippen molar-refractivity contribution in [2.24, 2.45) is 0 Å². The van der Waals surface area contributed by atoms with Gasteiger partial charge in [-0.25, -0.2) is 23.1 Å². The van der Waals surface area contributed by atoms with E-state index in [1.54, 1.807) is 24.3 Å². The van der Waals surface area contributed by atoms with Gasteiger partial charge >= 0.3 is 0 Å². The number of anilines is 1. The number of rotatable bonds is 5. The molecule has 1 aliphatic rings. The van der Waals surface area contributed by atoms with Crippen molar-refractivity contribution in [1.29, 1.82) is 0 Å². The van der Waals surface area contributed by atoms with Crippen LogP contribution < -0.4 is 9.62 Å². The first-order valence-corrected chi connectivity index (χ1v) is 10.3. The minimum atomic E-state index is -3.57. The number of hydrogen-bond donors (Lipinski definition) is 1. The average Bonchev–Trinajstić information content (AvgIpc) is 3.07. The number of benzene rings is 1. The normalized spacial score (nSPS) is 15.0. The van der Waals surface area contributed by atoms with Crippen LogP contribution in [0.3, 0.4) is 0 Å². The number of aryl methyl sites for hydroxylation is 1. The smallest absolute Gasteiger partial charge is 0.240 e. The molecule has 6 nitrogen and oxygen atoms in total. The Morgan fingerprint density at radius 2 is 1.83 bits per heavy atom. The Bertz CT molecular complexity index is 818. The lowest BCUT2D eigenvalue weighted by atomic mass is 10.4. The van der Waals surface area contributed by atoms with E-state index in [9.17, 15) is 8.42 Å². The van der Waals surface area contributed by atoms with Crippen LogP contribution in [0.25, 0.3) is 0 Å². The Morgan fingerprint density at radius 1 is 1.17 bits per heavy atom. The van der Waals surface area contributed by atoms with Gasteiger partial charge in [0, 0.05) is 28.4 Å². The molecule has 0 spiro atoms. The van der Waals surface area contributed by atoms with E-state index in [0.29, 0.717) is 5.82 Å². The molecule has 0 atom stereocenters. The zero-order valence-electron chi connectivity index (χ0n) is 13.4. The zero-order valence-corrected chi connectivity index (χ0v) is 16.3. The van der Waals surface area contributed by atoms with Crippen LogP contribution in [0.5, 0.6) is 0 Å². The highest BCUT2D eigenvalue weighted by Crippen LogP contribution is 2.19. The van der Waals surface area contributed by atoms with Crippen LogP contribution in [-0.2, 0) is 16.6 Å². The van der Waals surface area contributed by atoms with Crippen LogP contribution in [0.15, 0.2) is 35.2 Å². The van der Waals surface area contributed by atoms with Crippen molar-refractivity contribution in [3.63, 3.8) is 0 Å². The van der Waals surface area contributed by atoms with Crippen LogP contribution in [0.2, 0.25) is 0 Å². The maximum atomic E-state index is 12.4. The van der Waals surface area contributed by atoms with Crippen molar-refractivity contribution in [3.8, 4) is 0 Å². The molecule has 1 aromatic carbocycles. The lowest BCUT2D eigenvalue weighted by molar-refractivity contribution is 0.579. The molecule has 0 saturated carbocycles. The average molecular weight is 458 g/mol. The zero-order chi connectivity index (χ0) is 17.2. The summed E-state index contributed by atoms with van der Waals surface area (Å²) in [5.41, 5.74) is 0.843. The number of nitrogens with zero attached hydrogens (tertiary/aromatic N) is 3. The third-order valence-electron chi connectivity index (χ3n) is 3.86. The second-order valence-electron chi connectivity index (χ2n) is 5.76. The summed E-state index contributed by atoms with van der Waals surface area (Å²) in [7, 11) is -3.57. The van der Waals surface area contributed by atoms with Gasteiger partial charge in [-0.15, -0.1) is 0 Å². The van der Waals surface area contributed by atoms with Gasteiger partial charge in [-0.1, -0.05) is 0 Å². The van der Waals surface area contributed by atoms with Gasteiger partial charge < -0.3 is 4.90 Å². The van der Waals surface area contributed by atoms with Gasteiger partial charge in [-0.3, -0.25) is 0 Å². The summed E-state index contributed by atoms with van der Waals surface area (Å²) in [4.78, 5) is 11.3. The fraction of sp³-hybridized carbons (Fsp3) is 0.375. The fourth-order valence-electron chi connectivity index (χ4n) is 2.66. The Labute approximate surface area is 155 Å². The monoisotopic (exact) mass is 458 g/mol. The summed E-state index contributed by atoms with van der Waals surface area (Å²) < 4.78 is 28.3. The van der Waals surface area contributed by atoms with Gasteiger partial charge in [-0.05, 0) is 66.6 Å². The lowest BCUT2D eigenvalue weighted by Gasteiger charge is -2.17. The van der Waals surface area contributed by atoms with Crippen molar-refractivity contribution in [2.75, 3.05) is 18.0 Å². The maximum absolute atomic E-state index is 12.4. The van der Waals surface area contributed by atoms with Gasteiger partial charge in [0.15, 0.2) is 0 Å². The quantitative estimate of drug-likeness (QED) is 0.697. The molecule has 2 heterocycles. The Balaban J connectivity index is 1.75. The summed E-state index contributed by atoms with van der Waals surface area (Å²) >= 11 is 2.14. The molecule has 1 aromatic heterocycles. The minimum Gasteiger partial charge on any atom is -0.357 e. The molecule has 0 bridgehead atoms. The van der Waals surface area contributed by atoms with E-state index in [1.165, 1.54) is 0 Å². The van der Waals surface area contributed by atoms with Crippen molar-refractivity contribution >= 4 is 38.4 Å². The first-order chi connectivity index (χ1) is 11.4. The molecule has 0 aliphatic carbocycles. The molecule has 128 valence electrons. The lowest BCUT2D eigenvalue weighted by Crippen LogP contribution is -2.26. The molecule has 0 amide bonds. The summed E-state index contributed by atoms with van der Waals surface area (Å²) in [5.74, 6) is 1.37. The highest BCUT2D eigenvalue weighted by atomic mass is 127. The topological polar surface area (TPSA) is 75.2 Å². The third kappa shape index (κ3) is 4.22. The van der Waals surface area contributed by atoms with Crippen LogP contribution in [0.1, 0.15) is 24.4 Å². The molecule has 0 radical (unpaired) electrons. The number of sulfonamides is 1. The number of nitrogens with one attached hydrogen (secondary N) is 1. The van der Waals surface area contributed by atoms with Crippen LogP contribution in [0.4, 0.5) is 5.82 Å². The van der Waals surface area contributed by atoms with Crippen molar-refractivity contribution in [2.45, 2.75) is 31.2 Å². The maximum Gasteiger partial charge on any atom is 0.240 e. The molecule has 1 aliphatic heterocycles. The standard InChI is InChI=1S/C16H19IN4O2S/c1-12-10-16(21-8-2-3-9-21)20-15(19-12)11-18-24(22,23)14-6-4-13(17)5-7-14/h4-7,10,18H,2-3,8-9,11H2,1H3. The Morgan fingerprint density at radius 3 is 2.50 bits per heavy atom.